The van der Waals surface area contributed by atoms with E-state index in [1.54, 1.807) is 25.1 Å². The lowest BCUT2D eigenvalue weighted by atomic mass is 10.1. The van der Waals surface area contributed by atoms with Gasteiger partial charge in [-0.25, -0.2) is 4.79 Å². The Morgan fingerprint density at radius 1 is 1.18 bits per heavy atom. The lowest BCUT2D eigenvalue weighted by molar-refractivity contribution is -0.137. The van der Waals surface area contributed by atoms with Crippen molar-refractivity contribution in [2.75, 3.05) is 6.61 Å². The standard InChI is InChI=1S/C22H19Cl2NO3/c1-3-28-21(27)10-8-15-5-4-6-18-19(14(2)26)13-25(22(15)18)12-16-7-9-17(23)11-20(16)24/h4-11,13H,3,12H2,1-2H3/b10-8+. The lowest BCUT2D eigenvalue weighted by Crippen LogP contribution is -2.01. The molecule has 0 atom stereocenters. The van der Waals surface area contributed by atoms with Crippen molar-refractivity contribution in [2.45, 2.75) is 20.4 Å². The van der Waals surface area contributed by atoms with Gasteiger partial charge in [-0.1, -0.05) is 47.5 Å². The Morgan fingerprint density at radius 3 is 2.64 bits per heavy atom. The summed E-state index contributed by atoms with van der Waals surface area (Å²) < 4.78 is 6.92. The van der Waals surface area contributed by atoms with E-state index in [9.17, 15) is 9.59 Å². The Hall–Kier alpha value is -2.56. The van der Waals surface area contributed by atoms with E-state index < -0.39 is 5.97 Å². The molecule has 0 fully saturated rings. The molecule has 28 heavy (non-hydrogen) atoms. The van der Waals surface area contributed by atoms with E-state index in [4.69, 9.17) is 27.9 Å². The summed E-state index contributed by atoms with van der Waals surface area (Å²) >= 11 is 12.3. The maximum Gasteiger partial charge on any atom is 0.330 e. The second kappa shape index (κ2) is 8.63. The Balaban J connectivity index is 2.13. The van der Waals surface area contributed by atoms with Crippen molar-refractivity contribution in [3.8, 4) is 0 Å². The number of halogens is 2. The molecule has 0 aliphatic heterocycles. The van der Waals surface area contributed by atoms with Crippen molar-refractivity contribution < 1.29 is 14.3 Å². The Morgan fingerprint density at radius 2 is 1.96 bits per heavy atom. The molecule has 1 aromatic heterocycles. The molecule has 0 N–H and O–H groups in total. The number of ether oxygens (including phenoxy) is 1. The van der Waals surface area contributed by atoms with Crippen LogP contribution >= 0.6 is 23.2 Å². The molecule has 0 aliphatic carbocycles. The first-order valence-corrected chi connectivity index (χ1v) is 9.58. The highest BCUT2D eigenvalue weighted by atomic mass is 35.5. The second-order valence-corrected chi connectivity index (χ2v) is 7.14. The highest BCUT2D eigenvalue weighted by Gasteiger charge is 2.15. The van der Waals surface area contributed by atoms with E-state index in [0.717, 1.165) is 22.0 Å². The molecule has 0 bridgehead atoms. The number of hydrogen-bond acceptors (Lipinski definition) is 3. The molecule has 0 radical (unpaired) electrons. The van der Waals surface area contributed by atoms with Crippen LogP contribution in [0.15, 0.2) is 48.7 Å². The maximum atomic E-state index is 12.2. The number of fused-ring (bicyclic) bond motifs is 1. The number of Topliss-reactive ketones (excluding diaryl/α,β-unsaturated/α-hetero) is 1. The zero-order valence-corrected chi connectivity index (χ0v) is 17.1. The average molecular weight is 416 g/mol. The van der Waals surface area contributed by atoms with Crippen LogP contribution in [0.1, 0.15) is 35.3 Å². The van der Waals surface area contributed by atoms with Crippen molar-refractivity contribution in [3.63, 3.8) is 0 Å². The molecule has 3 rings (SSSR count). The number of ketones is 1. The number of hydrogen-bond donors (Lipinski definition) is 0. The first-order chi connectivity index (χ1) is 13.4. The Bertz CT molecular complexity index is 1080. The largest absolute Gasteiger partial charge is 0.463 e. The topological polar surface area (TPSA) is 48.3 Å². The van der Waals surface area contributed by atoms with Gasteiger partial charge in [0.25, 0.3) is 0 Å². The monoisotopic (exact) mass is 415 g/mol. The number of para-hydroxylation sites is 1. The number of nitrogens with zero attached hydrogens (tertiary/aromatic N) is 1. The molecule has 0 saturated carbocycles. The number of rotatable bonds is 6. The zero-order chi connectivity index (χ0) is 20.3. The number of benzene rings is 2. The summed E-state index contributed by atoms with van der Waals surface area (Å²) in [6, 6.07) is 11.0. The van der Waals surface area contributed by atoms with Gasteiger partial charge in [0.05, 0.1) is 12.1 Å². The molecule has 0 aliphatic rings. The first-order valence-electron chi connectivity index (χ1n) is 8.82. The number of carbonyl (C=O) groups is 2. The third kappa shape index (κ3) is 4.29. The van der Waals surface area contributed by atoms with Crippen LogP contribution in [0.2, 0.25) is 10.0 Å². The van der Waals surface area contributed by atoms with E-state index in [1.165, 1.54) is 13.0 Å². The number of carbonyl (C=O) groups excluding carboxylic acids is 2. The Labute approximate surface area is 173 Å². The zero-order valence-electron chi connectivity index (χ0n) is 15.5. The van der Waals surface area contributed by atoms with Gasteiger partial charge in [0.15, 0.2) is 5.78 Å². The summed E-state index contributed by atoms with van der Waals surface area (Å²) in [7, 11) is 0. The summed E-state index contributed by atoms with van der Waals surface area (Å²) in [6.07, 6.45) is 4.90. The quantitative estimate of drug-likeness (QED) is 0.291. The van der Waals surface area contributed by atoms with Gasteiger partial charge in [0, 0.05) is 39.8 Å². The number of esters is 1. The number of aromatic nitrogens is 1. The molecule has 0 saturated heterocycles. The van der Waals surface area contributed by atoms with Gasteiger partial charge in [0.1, 0.15) is 0 Å². The van der Waals surface area contributed by atoms with Crippen LogP contribution in [-0.2, 0) is 16.1 Å². The van der Waals surface area contributed by atoms with E-state index in [1.807, 2.05) is 35.0 Å². The molecule has 0 spiro atoms. The molecular formula is C22H19Cl2NO3. The molecule has 1 heterocycles. The normalized spacial score (nSPS) is 11.3. The van der Waals surface area contributed by atoms with Crippen LogP contribution in [-0.4, -0.2) is 22.9 Å². The smallest absolute Gasteiger partial charge is 0.330 e. The van der Waals surface area contributed by atoms with Crippen molar-refractivity contribution >= 4 is 51.9 Å². The highest BCUT2D eigenvalue weighted by molar-refractivity contribution is 6.35. The average Bonchev–Trinajstić information content (AvgIpc) is 3.02. The molecule has 4 nitrogen and oxygen atoms in total. The van der Waals surface area contributed by atoms with Gasteiger partial charge in [-0.3, -0.25) is 4.79 Å². The summed E-state index contributed by atoms with van der Waals surface area (Å²) in [5.41, 5.74) is 3.15. The fraction of sp³-hybridized carbons (Fsp3) is 0.182. The van der Waals surface area contributed by atoms with E-state index in [0.29, 0.717) is 28.8 Å². The van der Waals surface area contributed by atoms with Crippen LogP contribution in [0.25, 0.3) is 17.0 Å². The third-order valence-corrected chi connectivity index (χ3v) is 4.94. The molecule has 144 valence electrons. The van der Waals surface area contributed by atoms with Crippen molar-refractivity contribution in [2.24, 2.45) is 0 Å². The van der Waals surface area contributed by atoms with Crippen LogP contribution in [0, 0.1) is 0 Å². The molecular weight excluding hydrogens is 397 g/mol. The lowest BCUT2D eigenvalue weighted by Gasteiger charge is -2.10. The van der Waals surface area contributed by atoms with Crippen LogP contribution in [0.4, 0.5) is 0 Å². The Kier molecular flexibility index (Phi) is 6.22. The first kappa shape index (κ1) is 20.2. The minimum atomic E-state index is -0.412. The van der Waals surface area contributed by atoms with Gasteiger partial charge in [-0.05, 0) is 43.2 Å². The fourth-order valence-corrected chi connectivity index (χ4v) is 3.58. The minimum Gasteiger partial charge on any atom is -0.463 e. The fourth-order valence-electron chi connectivity index (χ4n) is 3.11. The minimum absolute atomic E-state index is 0.0301. The summed E-state index contributed by atoms with van der Waals surface area (Å²) in [5.74, 6) is -0.442. The van der Waals surface area contributed by atoms with Crippen LogP contribution < -0.4 is 0 Å². The van der Waals surface area contributed by atoms with Crippen molar-refractivity contribution in [1.82, 2.24) is 4.57 Å². The van der Waals surface area contributed by atoms with Gasteiger partial charge in [-0.15, -0.1) is 0 Å². The maximum absolute atomic E-state index is 12.2. The van der Waals surface area contributed by atoms with E-state index in [2.05, 4.69) is 0 Å². The van der Waals surface area contributed by atoms with Gasteiger partial charge in [-0.2, -0.15) is 0 Å². The van der Waals surface area contributed by atoms with Gasteiger partial charge in [0.2, 0.25) is 0 Å². The molecule has 6 heteroatoms. The predicted octanol–water partition coefficient (Wildman–Crippen LogP) is 5.78. The molecule has 2 aromatic carbocycles. The van der Waals surface area contributed by atoms with Gasteiger partial charge >= 0.3 is 5.97 Å². The third-order valence-electron chi connectivity index (χ3n) is 4.35. The molecule has 0 amide bonds. The SMILES string of the molecule is CCOC(=O)/C=C/c1cccc2c(C(C)=O)cn(Cc3ccc(Cl)cc3Cl)c12. The summed E-state index contributed by atoms with van der Waals surface area (Å²) in [6.45, 7) is 4.07. The van der Waals surface area contributed by atoms with Gasteiger partial charge < -0.3 is 9.30 Å². The summed E-state index contributed by atoms with van der Waals surface area (Å²) in [4.78, 5) is 23.9. The van der Waals surface area contributed by atoms with Crippen molar-refractivity contribution in [1.29, 1.82) is 0 Å². The van der Waals surface area contributed by atoms with Crippen LogP contribution in [0.5, 0.6) is 0 Å². The molecule has 0 unspecified atom stereocenters. The van der Waals surface area contributed by atoms with E-state index >= 15 is 0 Å². The van der Waals surface area contributed by atoms with Crippen molar-refractivity contribution in [3.05, 3.63) is 75.4 Å². The van der Waals surface area contributed by atoms with E-state index in [-0.39, 0.29) is 5.78 Å². The predicted molar refractivity (Wildman–Crippen MR) is 113 cm³/mol. The molecule has 3 aromatic rings. The highest BCUT2D eigenvalue weighted by Crippen LogP contribution is 2.29. The van der Waals surface area contributed by atoms with Crippen LogP contribution in [0.3, 0.4) is 0 Å². The summed E-state index contributed by atoms with van der Waals surface area (Å²) in [5, 5.41) is 1.94. The second-order valence-electron chi connectivity index (χ2n) is 6.29.